The Hall–Kier alpha value is -3.74. The maximum Gasteiger partial charge on any atom is 0.408 e. The molecular weight excluding hydrogens is 501 g/mol. The van der Waals surface area contributed by atoms with Gasteiger partial charge in [0.2, 0.25) is 0 Å². The van der Waals surface area contributed by atoms with Gasteiger partial charge >= 0.3 is 12.1 Å². The van der Waals surface area contributed by atoms with Crippen molar-refractivity contribution in [1.29, 1.82) is 0 Å². The van der Waals surface area contributed by atoms with Gasteiger partial charge in [-0.25, -0.2) is 14.0 Å². The largest absolute Gasteiger partial charge is 0.507 e. The lowest BCUT2D eigenvalue weighted by Gasteiger charge is -2.44. The van der Waals surface area contributed by atoms with Gasteiger partial charge in [0, 0.05) is 11.3 Å². The van der Waals surface area contributed by atoms with E-state index in [-0.39, 0.29) is 22.6 Å². The van der Waals surface area contributed by atoms with Gasteiger partial charge in [-0.05, 0) is 57.5 Å². The minimum Gasteiger partial charge on any atom is -0.507 e. The zero-order valence-corrected chi connectivity index (χ0v) is 21.2. The van der Waals surface area contributed by atoms with Crippen LogP contribution in [0.3, 0.4) is 0 Å². The number of nitrogens with two attached hydrogens (primary N) is 1. The molecule has 1 aliphatic carbocycles. The summed E-state index contributed by atoms with van der Waals surface area (Å²) in [5.74, 6) is -2.49. The van der Waals surface area contributed by atoms with Crippen LogP contribution in [0.5, 0.6) is 5.75 Å². The molecule has 1 amide bonds. The number of alkyl carbamates (subject to hydrolysis) is 1. The third-order valence-corrected chi connectivity index (χ3v) is 7.79. The Kier molecular flexibility index (Phi) is 6.63. The summed E-state index contributed by atoms with van der Waals surface area (Å²) in [6.45, 7) is 4.67. The summed E-state index contributed by atoms with van der Waals surface area (Å²) >= 11 is 0. The molecule has 2 aromatic rings. The number of carbonyl (C=O) groups is 3. The van der Waals surface area contributed by atoms with Crippen LogP contribution in [0.25, 0.3) is 0 Å². The molecule has 204 valence electrons. The molecule has 11 nitrogen and oxygen atoms in total. The molecular formula is C26H30FN3O8. The Morgan fingerprint density at radius 1 is 1.26 bits per heavy atom. The zero-order chi connectivity index (χ0) is 28.2. The highest BCUT2D eigenvalue weighted by molar-refractivity contribution is 5.95. The quantitative estimate of drug-likeness (QED) is 0.235. The van der Waals surface area contributed by atoms with E-state index in [2.05, 4.69) is 10.6 Å². The number of nitrogens with one attached hydrogen (secondary N) is 2. The average molecular weight is 532 g/mol. The van der Waals surface area contributed by atoms with E-state index in [1.165, 1.54) is 39.0 Å². The highest BCUT2D eigenvalue weighted by Gasteiger charge is 2.78. The molecule has 12 heteroatoms. The van der Waals surface area contributed by atoms with E-state index < -0.39 is 65.2 Å². The van der Waals surface area contributed by atoms with E-state index in [9.17, 15) is 34.1 Å². The number of carbonyl (C=O) groups excluding carboxylic acids is 3. The molecule has 6 atom stereocenters. The summed E-state index contributed by atoms with van der Waals surface area (Å²) in [4.78, 5) is 37.0. The summed E-state index contributed by atoms with van der Waals surface area (Å²) in [6.07, 6.45) is -1.93. The molecule has 2 aliphatic rings. The number of cyclic esters (lactones) is 1. The molecule has 1 saturated carbocycles. The monoisotopic (exact) mass is 531 g/mol. The number of esters is 1. The molecule has 2 fully saturated rings. The number of amides is 1. The second-order valence-electron chi connectivity index (χ2n) is 10.0. The molecule has 38 heavy (non-hydrogen) atoms. The minimum atomic E-state index is -2.40. The molecule has 7 N–H and O–H groups in total. The molecule has 4 rings (SSSR count). The molecule has 0 unspecified atom stereocenters. The van der Waals surface area contributed by atoms with Crippen molar-refractivity contribution < 1.29 is 43.6 Å². The normalized spacial score (nSPS) is 32.1. The summed E-state index contributed by atoms with van der Waals surface area (Å²) in [7, 11) is 0. The second-order valence-corrected chi connectivity index (χ2v) is 10.0. The van der Waals surface area contributed by atoms with Crippen molar-refractivity contribution in [3.63, 3.8) is 0 Å². The maximum absolute atomic E-state index is 14.3. The van der Waals surface area contributed by atoms with Gasteiger partial charge in [-0.3, -0.25) is 4.79 Å². The van der Waals surface area contributed by atoms with Gasteiger partial charge in [-0.15, -0.1) is 0 Å². The van der Waals surface area contributed by atoms with Crippen LogP contribution in [0.15, 0.2) is 36.4 Å². The number of aryl methyl sites for hydroxylation is 1. The summed E-state index contributed by atoms with van der Waals surface area (Å²) in [5, 5.41) is 39.4. The van der Waals surface area contributed by atoms with Crippen molar-refractivity contribution >= 4 is 23.5 Å². The van der Waals surface area contributed by atoms with Crippen LogP contribution >= 0.6 is 0 Å². The number of anilines is 1. The fourth-order valence-electron chi connectivity index (χ4n) is 5.63. The van der Waals surface area contributed by atoms with E-state index in [4.69, 9.17) is 15.2 Å². The van der Waals surface area contributed by atoms with Crippen molar-refractivity contribution in [1.82, 2.24) is 5.32 Å². The Morgan fingerprint density at radius 2 is 1.95 bits per heavy atom. The van der Waals surface area contributed by atoms with E-state index in [1.54, 1.807) is 13.0 Å². The standard InChI is InChI=1S/C26H30FN3O8/c1-12-6-5-7-18(32)19(12)22(33)37-11-25(36)21(29-17-9-15(13(2)31)8-16(27)10-17)20(28)26(24(25,4)35)14(3)38-23(34)30-26/h5-10,14,20-21,29,32,35-36H,11,28H2,1-4H3,(H,30,34)/t14-,20+,21+,24+,25-,26+/m1/s1. The number of ether oxygens (including phenoxy) is 2. The van der Waals surface area contributed by atoms with E-state index >= 15 is 0 Å². The van der Waals surface area contributed by atoms with Crippen molar-refractivity contribution in [3.05, 3.63) is 58.9 Å². The average Bonchev–Trinajstić information content (AvgIpc) is 3.19. The van der Waals surface area contributed by atoms with Gasteiger partial charge in [0.15, 0.2) is 11.4 Å². The van der Waals surface area contributed by atoms with Crippen molar-refractivity contribution in [3.8, 4) is 5.75 Å². The lowest BCUT2D eigenvalue weighted by atomic mass is 9.74. The number of rotatable bonds is 6. The second kappa shape index (κ2) is 9.22. The van der Waals surface area contributed by atoms with Crippen LogP contribution in [0.4, 0.5) is 14.9 Å². The topological polar surface area (TPSA) is 180 Å². The van der Waals surface area contributed by atoms with Gasteiger partial charge in [-0.1, -0.05) is 12.1 Å². The Labute approximate surface area is 217 Å². The fraction of sp³-hybridized carbons (Fsp3) is 0.423. The zero-order valence-electron chi connectivity index (χ0n) is 21.2. The molecule has 2 aromatic carbocycles. The fourth-order valence-corrected chi connectivity index (χ4v) is 5.63. The summed E-state index contributed by atoms with van der Waals surface area (Å²) < 4.78 is 24.9. The lowest BCUT2D eigenvalue weighted by molar-refractivity contribution is -0.177. The molecule has 1 spiro atoms. The molecule has 1 heterocycles. The molecule has 1 aliphatic heterocycles. The number of hydrogen-bond acceptors (Lipinski definition) is 10. The van der Waals surface area contributed by atoms with Crippen LogP contribution < -0.4 is 16.4 Å². The number of phenols is 1. The highest BCUT2D eigenvalue weighted by Crippen LogP contribution is 2.51. The van der Waals surface area contributed by atoms with E-state index in [1.807, 2.05) is 0 Å². The van der Waals surface area contributed by atoms with Crippen LogP contribution in [0.2, 0.25) is 0 Å². The lowest BCUT2D eigenvalue weighted by Crippen LogP contribution is -2.72. The third kappa shape index (κ3) is 3.96. The van der Waals surface area contributed by atoms with Gasteiger partial charge < -0.3 is 41.2 Å². The number of phenolic OH excluding ortho intramolecular Hbond substituents is 1. The first-order chi connectivity index (χ1) is 17.7. The van der Waals surface area contributed by atoms with Crippen LogP contribution in [-0.2, 0) is 9.47 Å². The first-order valence-electron chi connectivity index (χ1n) is 11.9. The third-order valence-electron chi connectivity index (χ3n) is 7.79. The summed E-state index contributed by atoms with van der Waals surface area (Å²) in [5.41, 5.74) is 0.442. The van der Waals surface area contributed by atoms with Crippen LogP contribution in [0, 0.1) is 12.7 Å². The smallest absolute Gasteiger partial charge is 0.408 e. The Bertz CT molecular complexity index is 1300. The van der Waals surface area contributed by atoms with Crippen molar-refractivity contribution in [2.75, 3.05) is 11.9 Å². The first kappa shape index (κ1) is 27.3. The highest BCUT2D eigenvalue weighted by atomic mass is 19.1. The number of Topliss-reactive ketones (excluding diaryl/α,β-unsaturated/α-hetero) is 1. The van der Waals surface area contributed by atoms with Gasteiger partial charge in [0.25, 0.3) is 0 Å². The van der Waals surface area contributed by atoms with Gasteiger partial charge in [0.05, 0.1) is 12.1 Å². The summed E-state index contributed by atoms with van der Waals surface area (Å²) in [6, 6.07) is 5.19. The number of halogens is 1. The van der Waals surface area contributed by atoms with Crippen molar-refractivity contribution in [2.24, 2.45) is 5.73 Å². The predicted octanol–water partition coefficient (Wildman–Crippen LogP) is 1.37. The Morgan fingerprint density at radius 3 is 2.53 bits per heavy atom. The number of aliphatic hydroxyl groups is 2. The molecule has 1 saturated heterocycles. The van der Waals surface area contributed by atoms with Gasteiger partial charge in [0.1, 0.15) is 41.0 Å². The minimum absolute atomic E-state index is 0.0383. The number of benzene rings is 2. The molecule has 0 bridgehead atoms. The molecule has 0 radical (unpaired) electrons. The molecule has 0 aromatic heterocycles. The Balaban J connectivity index is 1.77. The SMILES string of the molecule is CC(=O)c1cc(F)cc(N[C@H]2[C@H](N)[C@]3(NC(=O)O[C@@H]3C)[C@@](C)(O)[C@@]2(O)COC(=O)c2c(C)cccc2O)c1. The van der Waals surface area contributed by atoms with E-state index in [0.29, 0.717) is 5.56 Å². The van der Waals surface area contributed by atoms with E-state index in [0.717, 1.165) is 12.1 Å². The number of aromatic hydroxyl groups is 1. The number of hydrogen-bond donors (Lipinski definition) is 6. The van der Waals surface area contributed by atoms with Crippen molar-refractivity contribution in [2.45, 2.75) is 62.6 Å². The van der Waals surface area contributed by atoms with Gasteiger partial charge in [-0.2, -0.15) is 0 Å². The first-order valence-corrected chi connectivity index (χ1v) is 11.9. The predicted molar refractivity (Wildman–Crippen MR) is 132 cm³/mol. The maximum atomic E-state index is 14.3. The number of ketones is 1. The van der Waals surface area contributed by atoms with Crippen LogP contribution in [0.1, 0.15) is 47.1 Å². The van der Waals surface area contributed by atoms with Crippen LogP contribution in [-0.4, -0.2) is 74.7 Å².